The van der Waals surface area contributed by atoms with Crippen LogP contribution in [0.15, 0.2) is 48.5 Å². The zero-order valence-corrected chi connectivity index (χ0v) is 14.6. The highest BCUT2D eigenvalue weighted by Gasteiger charge is 2.34. The number of benzene rings is 2. The minimum Gasteiger partial charge on any atom is -0.489 e. The van der Waals surface area contributed by atoms with Crippen molar-refractivity contribution in [3.63, 3.8) is 0 Å². The molecule has 0 bridgehead atoms. The van der Waals surface area contributed by atoms with E-state index in [-0.39, 0.29) is 24.2 Å². The van der Waals surface area contributed by atoms with E-state index < -0.39 is 0 Å². The Morgan fingerprint density at radius 1 is 1.28 bits per heavy atom. The normalized spacial score (nSPS) is 16.8. The molecule has 0 unspecified atom stereocenters. The molecule has 2 amide bonds. The molecule has 2 aromatic rings. The lowest BCUT2D eigenvalue weighted by Crippen LogP contribution is -2.30. The smallest absolute Gasteiger partial charge is 0.227 e. The summed E-state index contributed by atoms with van der Waals surface area (Å²) in [7, 11) is 1.58. The second-order valence-corrected chi connectivity index (χ2v) is 6.37. The summed E-state index contributed by atoms with van der Waals surface area (Å²) in [6.07, 6.45) is 0.243. The molecule has 1 aliphatic heterocycles. The summed E-state index contributed by atoms with van der Waals surface area (Å²) in [6.45, 7) is 0.822. The third-order valence-electron chi connectivity index (χ3n) is 4.19. The maximum absolute atomic E-state index is 12.1. The molecular weight excluding hydrogens is 340 g/mol. The van der Waals surface area contributed by atoms with Crippen LogP contribution >= 0.6 is 11.6 Å². The Morgan fingerprint density at radius 3 is 2.72 bits per heavy atom. The first kappa shape index (κ1) is 17.3. The van der Waals surface area contributed by atoms with Gasteiger partial charge in [0, 0.05) is 30.7 Å². The van der Waals surface area contributed by atoms with Crippen LogP contribution in [-0.4, -0.2) is 25.4 Å². The van der Waals surface area contributed by atoms with Gasteiger partial charge in [0.25, 0.3) is 0 Å². The first-order valence-electron chi connectivity index (χ1n) is 8.06. The van der Waals surface area contributed by atoms with E-state index in [1.807, 2.05) is 48.5 Å². The molecule has 25 heavy (non-hydrogen) atoms. The van der Waals surface area contributed by atoms with E-state index in [4.69, 9.17) is 16.3 Å². The second-order valence-electron chi connectivity index (χ2n) is 5.93. The summed E-state index contributed by atoms with van der Waals surface area (Å²) in [6, 6.07) is 14.8. The molecule has 3 rings (SSSR count). The van der Waals surface area contributed by atoms with Gasteiger partial charge >= 0.3 is 0 Å². The van der Waals surface area contributed by atoms with Crippen LogP contribution in [0.5, 0.6) is 5.75 Å². The Kier molecular flexibility index (Phi) is 5.24. The Morgan fingerprint density at radius 2 is 2.04 bits per heavy atom. The number of ether oxygens (including phenoxy) is 1. The third kappa shape index (κ3) is 4.12. The highest BCUT2D eigenvalue weighted by atomic mass is 35.5. The van der Waals surface area contributed by atoms with E-state index in [0.29, 0.717) is 23.9 Å². The number of halogens is 1. The van der Waals surface area contributed by atoms with Gasteiger partial charge in [-0.1, -0.05) is 23.7 Å². The minimum absolute atomic E-state index is 0.0406. The number of carbonyl (C=O) groups excluding carboxylic acids is 2. The van der Waals surface area contributed by atoms with Crippen LogP contribution in [0, 0.1) is 5.92 Å². The molecule has 1 saturated heterocycles. The predicted octanol–water partition coefficient (Wildman–Crippen LogP) is 3.02. The van der Waals surface area contributed by atoms with E-state index in [2.05, 4.69) is 5.32 Å². The number of rotatable bonds is 5. The molecule has 1 aliphatic rings. The third-order valence-corrected chi connectivity index (χ3v) is 4.42. The number of hydrogen-bond acceptors (Lipinski definition) is 3. The molecule has 5 nitrogen and oxygen atoms in total. The average Bonchev–Trinajstić information content (AvgIpc) is 3.01. The van der Waals surface area contributed by atoms with E-state index in [1.54, 1.807) is 11.9 Å². The molecule has 1 N–H and O–H groups in total. The monoisotopic (exact) mass is 358 g/mol. The lowest BCUT2D eigenvalue weighted by atomic mass is 10.1. The molecule has 0 radical (unpaired) electrons. The van der Waals surface area contributed by atoms with E-state index in [0.717, 1.165) is 11.3 Å². The lowest BCUT2D eigenvalue weighted by Gasteiger charge is -2.17. The topological polar surface area (TPSA) is 58.6 Å². The van der Waals surface area contributed by atoms with E-state index in [1.165, 1.54) is 0 Å². The van der Waals surface area contributed by atoms with Crippen molar-refractivity contribution in [1.29, 1.82) is 0 Å². The molecule has 0 aliphatic carbocycles. The van der Waals surface area contributed by atoms with Crippen molar-refractivity contribution in [2.75, 3.05) is 18.5 Å². The van der Waals surface area contributed by atoms with Gasteiger partial charge in [0.15, 0.2) is 0 Å². The molecule has 0 aromatic heterocycles. The van der Waals surface area contributed by atoms with Gasteiger partial charge in [0.1, 0.15) is 12.4 Å². The average molecular weight is 359 g/mol. The van der Waals surface area contributed by atoms with Gasteiger partial charge in [0.2, 0.25) is 11.8 Å². The molecule has 6 heteroatoms. The highest BCUT2D eigenvalue weighted by molar-refractivity contribution is 6.30. The SMILES string of the molecule is CNC(=O)[C@@H]1CC(=O)N(c2ccc(OCc3cccc(Cl)c3)cc2)C1. The zero-order chi connectivity index (χ0) is 17.8. The summed E-state index contributed by atoms with van der Waals surface area (Å²) in [4.78, 5) is 25.5. The van der Waals surface area contributed by atoms with Crippen molar-refractivity contribution in [2.24, 2.45) is 5.92 Å². The summed E-state index contributed by atoms with van der Waals surface area (Å²) in [5.74, 6) is 0.271. The fourth-order valence-electron chi connectivity index (χ4n) is 2.85. The highest BCUT2D eigenvalue weighted by Crippen LogP contribution is 2.27. The number of nitrogens with zero attached hydrogens (tertiary/aromatic N) is 1. The largest absolute Gasteiger partial charge is 0.489 e. The number of amides is 2. The maximum Gasteiger partial charge on any atom is 0.227 e. The Balaban J connectivity index is 1.62. The van der Waals surface area contributed by atoms with Gasteiger partial charge in [-0.15, -0.1) is 0 Å². The predicted molar refractivity (Wildman–Crippen MR) is 96.8 cm³/mol. The van der Waals surface area contributed by atoms with Gasteiger partial charge in [-0.2, -0.15) is 0 Å². The summed E-state index contributed by atoms with van der Waals surface area (Å²) in [5.41, 5.74) is 1.76. The molecule has 0 spiro atoms. The zero-order valence-electron chi connectivity index (χ0n) is 13.9. The van der Waals surface area contributed by atoms with Gasteiger partial charge in [-0.3, -0.25) is 9.59 Å². The lowest BCUT2D eigenvalue weighted by molar-refractivity contribution is -0.125. The van der Waals surface area contributed by atoms with Crippen molar-refractivity contribution in [1.82, 2.24) is 5.32 Å². The van der Waals surface area contributed by atoms with Crippen LogP contribution < -0.4 is 15.0 Å². The van der Waals surface area contributed by atoms with Crippen molar-refractivity contribution in [3.05, 3.63) is 59.1 Å². The maximum atomic E-state index is 12.1. The fourth-order valence-corrected chi connectivity index (χ4v) is 3.07. The van der Waals surface area contributed by atoms with Crippen LogP contribution in [-0.2, 0) is 16.2 Å². The number of nitrogens with one attached hydrogen (secondary N) is 1. The van der Waals surface area contributed by atoms with Crippen LogP contribution in [0.4, 0.5) is 5.69 Å². The van der Waals surface area contributed by atoms with Crippen molar-refractivity contribution < 1.29 is 14.3 Å². The summed E-state index contributed by atoms with van der Waals surface area (Å²) >= 11 is 5.96. The van der Waals surface area contributed by atoms with Crippen molar-refractivity contribution >= 4 is 29.1 Å². The van der Waals surface area contributed by atoms with Crippen LogP contribution in [0.1, 0.15) is 12.0 Å². The second kappa shape index (κ2) is 7.57. The van der Waals surface area contributed by atoms with E-state index >= 15 is 0 Å². The Hall–Kier alpha value is -2.53. The van der Waals surface area contributed by atoms with Gasteiger partial charge in [-0.25, -0.2) is 0 Å². The quantitative estimate of drug-likeness (QED) is 0.893. The molecular formula is C19H19ClN2O3. The van der Waals surface area contributed by atoms with Gasteiger partial charge in [-0.05, 0) is 42.0 Å². The van der Waals surface area contributed by atoms with Crippen LogP contribution in [0.25, 0.3) is 0 Å². The summed E-state index contributed by atoms with van der Waals surface area (Å²) < 4.78 is 5.74. The first-order valence-corrected chi connectivity index (χ1v) is 8.44. The number of anilines is 1. The minimum atomic E-state index is -0.295. The molecule has 1 fully saturated rings. The van der Waals surface area contributed by atoms with E-state index in [9.17, 15) is 9.59 Å². The van der Waals surface area contributed by atoms with Crippen LogP contribution in [0.2, 0.25) is 5.02 Å². The molecule has 130 valence electrons. The molecule has 1 atom stereocenters. The molecule has 2 aromatic carbocycles. The fraction of sp³-hybridized carbons (Fsp3) is 0.263. The first-order chi connectivity index (χ1) is 12.1. The molecule has 0 saturated carbocycles. The Bertz CT molecular complexity index is 776. The van der Waals surface area contributed by atoms with Crippen molar-refractivity contribution in [3.8, 4) is 5.75 Å². The summed E-state index contributed by atoms with van der Waals surface area (Å²) in [5, 5.41) is 3.27. The molecule has 1 heterocycles. The number of carbonyl (C=O) groups is 2. The van der Waals surface area contributed by atoms with Crippen LogP contribution in [0.3, 0.4) is 0 Å². The Labute approximate surface area is 151 Å². The van der Waals surface area contributed by atoms with Gasteiger partial charge < -0.3 is 15.0 Å². The van der Waals surface area contributed by atoms with Gasteiger partial charge in [0.05, 0.1) is 5.92 Å². The van der Waals surface area contributed by atoms with Crippen molar-refractivity contribution in [2.45, 2.75) is 13.0 Å². The standard InChI is InChI=1S/C19H19ClN2O3/c1-21-19(24)14-10-18(23)22(11-14)16-5-7-17(8-6-16)25-12-13-3-2-4-15(20)9-13/h2-9,14H,10-12H2,1H3,(H,21,24)/t14-/m1/s1. The number of hydrogen-bond donors (Lipinski definition) is 1.